The summed E-state index contributed by atoms with van der Waals surface area (Å²) in [5.74, 6) is 1.85. The molecule has 0 fully saturated rings. The van der Waals surface area contributed by atoms with Gasteiger partial charge in [0, 0.05) is 12.8 Å². The van der Waals surface area contributed by atoms with Crippen LogP contribution in [0.3, 0.4) is 0 Å². The van der Waals surface area contributed by atoms with Crippen LogP contribution in [0.1, 0.15) is 32.1 Å². The highest BCUT2D eigenvalue weighted by Crippen LogP contribution is 1.92. The first-order valence-corrected chi connectivity index (χ1v) is 4.63. The lowest BCUT2D eigenvalue weighted by Crippen LogP contribution is -2.17. The molecule has 74 valence electrons. The van der Waals surface area contributed by atoms with Crippen molar-refractivity contribution >= 4 is 5.97 Å². The summed E-state index contributed by atoms with van der Waals surface area (Å²) in [6.07, 6.45) is 8.98. The summed E-state index contributed by atoms with van der Waals surface area (Å²) in [5, 5.41) is 11.5. The van der Waals surface area contributed by atoms with Crippen molar-refractivity contribution in [2.75, 3.05) is 13.1 Å². The molecular weight excluding hydrogens is 166 g/mol. The van der Waals surface area contributed by atoms with Crippen molar-refractivity contribution < 1.29 is 9.90 Å². The molecule has 0 radical (unpaired) electrons. The van der Waals surface area contributed by atoms with E-state index in [2.05, 4.69) is 11.2 Å². The van der Waals surface area contributed by atoms with Crippen LogP contribution < -0.4 is 5.32 Å². The third kappa shape index (κ3) is 11.0. The van der Waals surface area contributed by atoms with E-state index in [9.17, 15) is 4.79 Å². The van der Waals surface area contributed by atoms with Gasteiger partial charge in [0.15, 0.2) is 0 Å². The molecule has 0 aromatic rings. The fourth-order valence-corrected chi connectivity index (χ4v) is 0.967. The highest BCUT2D eigenvalue weighted by atomic mass is 16.4. The minimum atomic E-state index is -0.728. The van der Waals surface area contributed by atoms with Gasteiger partial charge in [0.2, 0.25) is 0 Å². The van der Waals surface area contributed by atoms with Gasteiger partial charge < -0.3 is 10.4 Å². The summed E-state index contributed by atoms with van der Waals surface area (Å²) in [6, 6.07) is 0. The molecule has 0 unspecified atom stereocenters. The van der Waals surface area contributed by atoms with E-state index < -0.39 is 5.97 Å². The molecule has 0 rings (SSSR count). The molecule has 0 aromatic carbocycles. The Morgan fingerprint density at radius 3 is 2.62 bits per heavy atom. The van der Waals surface area contributed by atoms with Gasteiger partial charge in [0.1, 0.15) is 0 Å². The van der Waals surface area contributed by atoms with Gasteiger partial charge in [-0.15, -0.1) is 12.3 Å². The number of hydrogen-bond donors (Lipinski definition) is 2. The number of carboxylic acid groups (broad SMARTS) is 1. The molecule has 0 amide bonds. The number of nitrogens with one attached hydrogen (secondary N) is 1. The van der Waals surface area contributed by atoms with Gasteiger partial charge in [-0.1, -0.05) is 0 Å². The topological polar surface area (TPSA) is 49.3 Å². The standard InChI is InChI=1S/C10H17NO2/c1-2-3-4-5-8-11-9-6-7-10(12)13/h1,11H,3-9H2,(H,12,13). The van der Waals surface area contributed by atoms with Crippen LogP contribution in [-0.2, 0) is 4.79 Å². The van der Waals surface area contributed by atoms with E-state index in [0.29, 0.717) is 6.42 Å². The molecule has 0 saturated carbocycles. The first-order chi connectivity index (χ1) is 6.27. The molecule has 3 heteroatoms. The van der Waals surface area contributed by atoms with Crippen molar-refractivity contribution in [2.45, 2.75) is 32.1 Å². The van der Waals surface area contributed by atoms with E-state index in [1.54, 1.807) is 0 Å². The lowest BCUT2D eigenvalue weighted by molar-refractivity contribution is -0.137. The average molecular weight is 183 g/mol. The summed E-state index contributed by atoms with van der Waals surface area (Å²) in [5.41, 5.74) is 0. The Balaban J connectivity index is 2.92. The molecule has 0 aliphatic heterocycles. The third-order valence-electron chi connectivity index (χ3n) is 1.67. The van der Waals surface area contributed by atoms with Gasteiger partial charge in [0.25, 0.3) is 0 Å². The van der Waals surface area contributed by atoms with Crippen LogP contribution in [0, 0.1) is 12.3 Å². The van der Waals surface area contributed by atoms with Gasteiger partial charge in [0.05, 0.1) is 0 Å². The van der Waals surface area contributed by atoms with Crippen LogP contribution >= 0.6 is 0 Å². The predicted octanol–water partition coefficient (Wildman–Crippen LogP) is 1.24. The Hall–Kier alpha value is -1.01. The summed E-state index contributed by atoms with van der Waals surface area (Å²) in [4.78, 5) is 10.1. The number of hydrogen-bond acceptors (Lipinski definition) is 2. The van der Waals surface area contributed by atoms with E-state index in [4.69, 9.17) is 11.5 Å². The second-order valence-electron chi connectivity index (χ2n) is 2.91. The maximum absolute atomic E-state index is 10.1. The average Bonchev–Trinajstić information content (AvgIpc) is 2.09. The Labute approximate surface area is 79.5 Å². The highest BCUT2D eigenvalue weighted by Gasteiger charge is 1.94. The van der Waals surface area contributed by atoms with E-state index in [1.807, 2.05) is 0 Å². The molecule has 0 heterocycles. The zero-order chi connectivity index (χ0) is 9.94. The molecule has 0 aliphatic carbocycles. The summed E-state index contributed by atoms with van der Waals surface area (Å²) < 4.78 is 0. The number of aliphatic carboxylic acids is 1. The monoisotopic (exact) mass is 183 g/mol. The Morgan fingerprint density at radius 2 is 2.00 bits per heavy atom. The zero-order valence-electron chi connectivity index (χ0n) is 7.88. The largest absolute Gasteiger partial charge is 0.481 e. The van der Waals surface area contributed by atoms with Gasteiger partial charge in [-0.05, 0) is 32.4 Å². The molecule has 2 N–H and O–H groups in total. The Bertz CT molecular complexity index is 172. The summed E-state index contributed by atoms with van der Waals surface area (Å²) in [7, 11) is 0. The minimum Gasteiger partial charge on any atom is -0.481 e. The van der Waals surface area contributed by atoms with Crippen molar-refractivity contribution in [3.05, 3.63) is 0 Å². The summed E-state index contributed by atoms with van der Waals surface area (Å²) >= 11 is 0. The van der Waals surface area contributed by atoms with Gasteiger partial charge in [-0.2, -0.15) is 0 Å². The van der Waals surface area contributed by atoms with Gasteiger partial charge >= 0.3 is 5.97 Å². The molecule has 0 spiro atoms. The zero-order valence-corrected chi connectivity index (χ0v) is 7.88. The van der Waals surface area contributed by atoms with E-state index in [-0.39, 0.29) is 6.42 Å². The van der Waals surface area contributed by atoms with Crippen molar-refractivity contribution in [3.63, 3.8) is 0 Å². The summed E-state index contributed by atoms with van der Waals surface area (Å²) in [6.45, 7) is 1.71. The molecule has 0 aromatic heterocycles. The molecule has 0 bridgehead atoms. The van der Waals surface area contributed by atoms with E-state index in [1.165, 1.54) is 0 Å². The number of rotatable bonds is 8. The SMILES string of the molecule is C#CCCCCNCCCC(=O)O. The van der Waals surface area contributed by atoms with E-state index in [0.717, 1.165) is 32.4 Å². The molecule has 0 saturated heterocycles. The third-order valence-corrected chi connectivity index (χ3v) is 1.67. The second-order valence-corrected chi connectivity index (χ2v) is 2.91. The van der Waals surface area contributed by atoms with Crippen molar-refractivity contribution in [1.29, 1.82) is 0 Å². The molecule has 0 aliphatic rings. The Morgan fingerprint density at radius 1 is 1.31 bits per heavy atom. The first-order valence-electron chi connectivity index (χ1n) is 4.63. The van der Waals surface area contributed by atoms with Crippen LogP contribution in [0.4, 0.5) is 0 Å². The normalized spacial score (nSPS) is 9.46. The fraction of sp³-hybridized carbons (Fsp3) is 0.700. The molecule has 0 atom stereocenters. The molecule has 13 heavy (non-hydrogen) atoms. The van der Waals surface area contributed by atoms with E-state index >= 15 is 0 Å². The Kier molecular flexibility index (Phi) is 8.38. The smallest absolute Gasteiger partial charge is 0.303 e. The van der Waals surface area contributed by atoms with Crippen LogP contribution in [0.25, 0.3) is 0 Å². The minimum absolute atomic E-state index is 0.247. The fourth-order valence-electron chi connectivity index (χ4n) is 0.967. The van der Waals surface area contributed by atoms with Crippen LogP contribution in [0.2, 0.25) is 0 Å². The molecule has 3 nitrogen and oxygen atoms in total. The maximum Gasteiger partial charge on any atom is 0.303 e. The lowest BCUT2D eigenvalue weighted by Gasteiger charge is -2.01. The molecular formula is C10H17NO2. The second kappa shape index (κ2) is 9.08. The van der Waals surface area contributed by atoms with Crippen molar-refractivity contribution in [3.8, 4) is 12.3 Å². The van der Waals surface area contributed by atoms with Crippen molar-refractivity contribution in [2.24, 2.45) is 0 Å². The number of terminal acetylenes is 1. The van der Waals surface area contributed by atoms with Gasteiger partial charge in [-0.25, -0.2) is 0 Å². The number of carbonyl (C=O) groups is 1. The maximum atomic E-state index is 10.1. The predicted molar refractivity (Wildman–Crippen MR) is 52.4 cm³/mol. The number of unbranched alkanes of at least 4 members (excludes halogenated alkanes) is 2. The first kappa shape index (κ1) is 12.0. The van der Waals surface area contributed by atoms with Crippen LogP contribution in [0.15, 0.2) is 0 Å². The van der Waals surface area contributed by atoms with Crippen LogP contribution in [0.5, 0.6) is 0 Å². The number of carboxylic acids is 1. The lowest BCUT2D eigenvalue weighted by atomic mass is 10.2. The van der Waals surface area contributed by atoms with Gasteiger partial charge in [-0.3, -0.25) is 4.79 Å². The quantitative estimate of drug-likeness (QED) is 0.440. The highest BCUT2D eigenvalue weighted by molar-refractivity contribution is 5.66. The van der Waals surface area contributed by atoms with Crippen molar-refractivity contribution in [1.82, 2.24) is 5.32 Å². The van der Waals surface area contributed by atoms with Crippen LogP contribution in [-0.4, -0.2) is 24.2 Å².